The number of halogens is 1. The van der Waals surface area contributed by atoms with Gasteiger partial charge in [0.25, 0.3) is 0 Å². The van der Waals surface area contributed by atoms with Crippen molar-refractivity contribution in [1.82, 2.24) is 9.97 Å². The zero-order valence-electron chi connectivity index (χ0n) is 19.3. The fraction of sp³-hybridized carbons (Fsp3) is 0.385. The van der Waals surface area contributed by atoms with Gasteiger partial charge in [0.1, 0.15) is 11.6 Å². The minimum absolute atomic E-state index is 0.113. The first-order chi connectivity index (χ1) is 14.8. The lowest BCUT2D eigenvalue weighted by Gasteiger charge is -2.29. The van der Waals surface area contributed by atoms with E-state index in [-0.39, 0.29) is 11.9 Å². The van der Waals surface area contributed by atoms with Crippen LogP contribution in [0.1, 0.15) is 53.4 Å². The molecule has 0 spiro atoms. The van der Waals surface area contributed by atoms with Crippen molar-refractivity contribution in [2.75, 3.05) is 22.9 Å². The van der Waals surface area contributed by atoms with E-state index in [4.69, 9.17) is 9.97 Å². The Balaban J connectivity index is 1.76. The van der Waals surface area contributed by atoms with Crippen LogP contribution in [0.15, 0.2) is 36.4 Å². The topological polar surface area (TPSA) is 32.3 Å². The van der Waals surface area contributed by atoms with Crippen molar-refractivity contribution in [2.24, 2.45) is 0 Å². The molecule has 2 heterocycles. The molecule has 31 heavy (non-hydrogen) atoms. The highest BCUT2D eigenvalue weighted by atomic mass is 19.1. The van der Waals surface area contributed by atoms with Crippen LogP contribution in [-0.2, 0) is 6.42 Å². The van der Waals surface area contributed by atoms with Crippen molar-refractivity contribution in [3.05, 3.63) is 75.7 Å². The minimum atomic E-state index is -0.208. The maximum absolute atomic E-state index is 13.4. The first-order valence-corrected chi connectivity index (χ1v) is 11.0. The van der Waals surface area contributed by atoms with Crippen molar-refractivity contribution < 1.29 is 4.39 Å². The maximum Gasteiger partial charge on any atom is 0.232 e. The van der Waals surface area contributed by atoms with Crippen LogP contribution >= 0.6 is 0 Å². The molecular weight excluding hydrogens is 387 g/mol. The van der Waals surface area contributed by atoms with Crippen LogP contribution in [0.5, 0.6) is 0 Å². The summed E-state index contributed by atoms with van der Waals surface area (Å²) >= 11 is 0. The molecule has 0 N–H and O–H groups in total. The van der Waals surface area contributed by atoms with Gasteiger partial charge in [-0.3, -0.25) is 0 Å². The second-order valence-corrected chi connectivity index (χ2v) is 8.57. The average molecular weight is 419 g/mol. The Morgan fingerprint density at radius 2 is 1.68 bits per heavy atom. The van der Waals surface area contributed by atoms with E-state index < -0.39 is 0 Å². The largest absolute Gasteiger partial charge is 0.349 e. The first-order valence-electron chi connectivity index (χ1n) is 11.0. The van der Waals surface area contributed by atoms with E-state index in [1.807, 2.05) is 12.1 Å². The van der Waals surface area contributed by atoms with Crippen LogP contribution in [0, 0.1) is 33.5 Å². The molecule has 0 radical (unpaired) electrons. The van der Waals surface area contributed by atoms with Crippen molar-refractivity contribution >= 4 is 17.5 Å². The molecule has 1 aromatic heterocycles. The Hall–Kier alpha value is -2.95. The molecule has 0 aliphatic carbocycles. The highest BCUT2D eigenvalue weighted by Crippen LogP contribution is 2.38. The van der Waals surface area contributed by atoms with E-state index in [2.05, 4.69) is 63.5 Å². The van der Waals surface area contributed by atoms with Crippen LogP contribution < -0.4 is 9.80 Å². The van der Waals surface area contributed by atoms with Gasteiger partial charge in [0.15, 0.2) is 0 Å². The summed E-state index contributed by atoms with van der Waals surface area (Å²) in [6.45, 7) is 14.5. The van der Waals surface area contributed by atoms with Gasteiger partial charge in [0.2, 0.25) is 5.95 Å². The highest BCUT2D eigenvalue weighted by Gasteiger charge is 2.29. The molecule has 162 valence electrons. The number of aryl methyl sites for hydroxylation is 4. The Labute approximate surface area is 184 Å². The summed E-state index contributed by atoms with van der Waals surface area (Å²) < 4.78 is 13.4. The molecule has 0 amide bonds. The summed E-state index contributed by atoms with van der Waals surface area (Å²) in [5, 5.41) is 0. The highest BCUT2D eigenvalue weighted by molar-refractivity contribution is 5.68. The summed E-state index contributed by atoms with van der Waals surface area (Å²) in [5.74, 6) is 1.54. The predicted octanol–water partition coefficient (Wildman–Crippen LogP) is 6.13. The smallest absolute Gasteiger partial charge is 0.232 e. The van der Waals surface area contributed by atoms with Gasteiger partial charge in [-0.1, -0.05) is 29.8 Å². The third-order valence-electron chi connectivity index (χ3n) is 6.34. The number of fused-ring (bicyclic) bond motifs is 1. The zero-order chi connectivity index (χ0) is 22.3. The monoisotopic (exact) mass is 418 g/mol. The lowest BCUT2D eigenvalue weighted by molar-refractivity contribution is 0.623. The molecule has 0 bridgehead atoms. The Morgan fingerprint density at radius 3 is 2.29 bits per heavy atom. The molecule has 0 saturated heterocycles. The van der Waals surface area contributed by atoms with E-state index in [0.717, 1.165) is 42.5 Å². The van der Waals surface area contributed by atoms with Crippen LogP contribution in [0.25, 0.3) is 0 Å². The molecule has 1 aliphatic rings. The molecule has 4 nitrogen and oxygen atoms in total. The van der Waals surface area contributed by atoms with Crippen molar-refractivity contribution in [3.63, 3.8) is 0 Å². The average Bonchev–Trinajstić information content (AvgIpc) is 3.15. The quantitative estimate of drug-likeness (QED) is 0.499. The number of hydrogen-bond donors (Lipinski definition) is 0. The third-order valence-corrected chi connectivity index (χ3v) is 6.34. The summed E-state index contributed by atoms with van der Waals surface area (Å²) in [5.41, 5.74) is 8.25. The van der Waals surface area contributed by atoms with Gasteiger partial charge >= 0.3 is 0 Å². The summed E-state index contributed by atoms with van der Waals surface area (Å²) in [6.07, 6.45) is 0.932. The molecule has 3 aromatic rings. The first kappa shape index (κ1) is 21.3. The van der Waals surface area contributed by atoms with Crippen LogP contribution in [0.2, 0.25) is 0 Å². The number of nitrogens with zero attached hydrogens (tertiary/aromatic N) is 4. The van der Waals surface area contributed by atoms with E-state index in [1.54, 1.807) is 0 Å². The van der Waals surface area contributed by atoms with Gasteiger partial charge < -0.3 is 9.80 Å². The van der Waals surface area contributed by atoms with E-state index in [1.165, 1.54) is 40.1 Å². The molecule has 0 fully saturated rings. The van der Waals surface area contributed by atoms with Gasteiger partial charge in [0, 0.05) is 30.0 Å². The maximum atomic E-state index is 13.4. The molecule has 1 atom stereocenters. The van der Waals surface area contributed by atoms with E-state index in [9.17, 15) is 4.39 Å². The normalized spacial score (nSPS) is 14.0. The van der Waals surface area contributed by atoms with Crippen LogP contribution in [0.3, 0.4) is 0 Å². The van der Waals surface area contributed by atoms with Gasteiger partial charge in [-0.15, -0.1) is 0 Å². The summed E-state index contributed by atoms with van der Waals surface area (Å²) in [6, 6.07) is 11.3. The molecule has 2 aromatic carbocycles. The molecular formula is C26H31FN4. The third kappa shape index (κ3) is 3.89. The SMILES string of the molecule is CCN(c1nc(C)c2c(n1)N(C(C)c1ccc(F)cc1)CC2)c1c(C)cc(C)cc1C. The molecule has 5 heteroatoms. The lowest BCUT2D eigenvalue weighted by Crippen LogP contribution is -2.27. The van der Waals surface area contributed by atoms with E-state index in [0.29, 0.717) is 0 Å². The summed E-state index contributed by atoms with van der Waals surface area (Å²) in [4.78, 5) is 14.5. The van der Waals surface area contributed by atoms with Crippen molar-refractivity contribution in [3.8, 4) is 0 Å². The number of hydrogen-bond acceptors (Lipinski definition) is 4. The lowest BCUT2D eigenvalue weighted by atomic mass is 10.0. The van der Waals surface area contributed by atoms with Gasteiger partial charge in [0.05, 0.1) is 6.04 Å². The van der Waals surface area contributed by atoms with Crippen LogP contribution in [-0.4, -0.2) is 23.1 Å². The van der Waals surface area contributed by atoms with E-state index >= 15 is 0 Å². The van der Waals surface area contributed by atoms with Gasteiger partial charge in [-0.2, -0.15) is 4.98 Å². The summed E-state index contributed by atoms with van der Waals surface area (Å²) in [7, 11) is 0. The van der Waals surface area contributed by atoms with Crippen molar-refractivity contribution in [1.29, 1.82) is 0 Å². The van der Waals surface area contributed by atoms with Crippen molar-refractivity contribution in [2.45, 2.75) is 54.0 Å². The number of rotatable bonds is 5. The molecule has 0 saturated carbocycles. The molecule has 4 rings (SSSR count). The minimum Gasteiger partial charge on any atom is -0.349 e. The molecule has 1 unspecified atom stereocenters. The fourth-order valence-electron chi connectivity index (χ4n) is 4.85. The molecule has 1 aliphatic heterocycles. The number of aromatic nitrogens is 2. The number of benzene rings is 2. The second kappa shape index (κ2) is 8.29. The van der Waals surface area contributed by atoms with Gasteiger partial charge in [-0.05, 0) is 76.8 Å². The zero-order valence-corrected chi connectivity index (χ0v) is 19.3. The second-order valence-electron chi connectivity index (χ2n) is 8.57. The predicted molar refractivity (Wildman–Crippen MR) is 126 cm³/mol. The Kier molecular flexibility index (Phi) is 5.69. The Bertz CT molecular complexity index is 1080. The van der Waals surface area contributed by atoms with Crippen LogP contribution in [0.4, 0.5) is 21.8 Å². The standard InChI is InChI=1S/C26H31FN4/c1-7-30(24-17(3)14-16(2)15-18(24)4)26-28-19(5)23-12-13-31(25(23)29-26)20(6)21-8-10-22(27)11-9-21/h8-11,14-15,20H,7,12-13H2,1-6H3. The Morgan fingerprint density at radius 1 is 1.03 bits per heavy atom. The van der Waals surface area contributed by atoms with Gasteiger partial charge in [-0.25, -0.2) is 9.37 Å². The fourth-order valence-corrected chi connectivity index (χ4v) is 4.85. The number of anilines is 3.